The van der Waals surface area contributed by atoms with Gasteiger partial charge in [-0.25, -0.2) is 9.50 Å². The molecular weight excluding hydrogens is 316 g/mol. The van der Waals surface area contributed by atoms with Crippen LogP contribution in [-0.4, -0.2) is 27.6 Å². The molecule has 0 fully saturated rings. The number of ether oxygens (including phenoxy) is 1. The van der Waals surface area contributed by atoms with E-state index in [0.29, 0.717) is 18.6 Å². The van der Waals surface area contributed by atoms with Crippen molar-refractivity contribution in [2.24, 2.45) is 0 Å². The molecule has 3 aromatic rings. The Morgan fingerprint density at radius 2 is 2.04 bits per heavy atom. The molecule has 0 unspecified atom stereocenters. The van der Waals surface area contributed by atoms with Gasteiger partial charge < -0.3 is 10.1 Å². The van der Waals surface area contributed by atoms with Gasteiger partial charge in [-0.05, 0) is 44.9 Å². The highest BCUT2D eigenvalue weighted by atomic mass is 16.5. The highest BCUT2D eigenvalue weighted by molar-refractivity contribution is 5.91. The first-order chi connectivity index (χ1) is 12.0. The number of hydrogen-bond acceptors (Lipinski definition) is 4. The molecule has 2 aromatic heterocycles. The number of benzene rings is 1. The Morgan fingerprint density at radius 1 is 1.24 bits per heavy atom. The van der Waals surface area contributed by atoms with Crippen LogP contribution in [-0.2, 0) is 11.2 Å². The highest BCUT2D eigenvalue weighted by Gasteiger charge is 2.13. The summed E-state index contributed by atoms with van der Waals surface area (Å²) in [7, 11) is 1.60. The van der Waals surface area contributed by atoms with Crippen molar-refractivity contribution in [3.63, 3.8) is 0 Å². The van der Waals surface area contributed by atoms with Gasteiger partial charge in [-0.15, -0.1) is 0 Å². The number of hydrogen-bond donors (Lipinski definition) is 1. The van der Waals surface area contributed by atoms with Crippen molar-refractivity contribution in [2.45, 2.75) is 33.6 Å². The molecule has 6 heteroatoms. The summed E-state index contributed by atoms with van der Waals surface area (Å²) in [6.07, 6.45) is 1.00. The third kappa shape index (κ3) is 3.63. The SMILES string of the molecule is COc1cccc(NC(=O)CCc2c(C)nc3cc(C)nn3c2C)c1. The fourth-order valence-electron chi connectivity index (χ4n) is 2.97. The van der Waals surface area contributed by atoms with Crippen molar-refractivity contribution >= 4 is 17.2 Å². The standard InChI is InChI=1S/C19H22N4O2/c1-12-10-18-20-13(2)17(14(3)23(18)22-12)8-9-19(24)21-15-6-5-7-16(11-15)25-4/h5-7,10-11H,8-9H2,1-4H3,(H,21,24). The number of nitrogens with zero attached hydrogens (tertiary/aromatic N) is 3. The van der Waals surface area contributed by atoms with Crippen molar-refractivity contribution in [3.05, 3.63) is 53.0 Å². The minimum atomic E-state index is -0.0382. The molecule has 1 aromatic carbocycles. The van der Waals surface area contributed by atoms with E-state index in [0.717, 1.165) is 34.0 Å². The third-order valence-corrected chi connectivity index (χ3v) is 4.24. The molecule has 0 aliphatic carbocycles. The molecule has 0 aliphatic heterocycles. The van der Waals surface area contributed by atoms with E-state index in [1.165, 1.54) is 0 Å². The lowest BCUT2D eigenvalue weighted by molar-refractivity contribution is -0.116. The predicted molar refractivity (Wildman–Crippen MR) is 97.1 cm³/mol. The topological polar surface area (TPSA) is 68.5 Å². The fraction of sp³-hybridized carbons (Fsp3) is 0.316. The number of carbonyl (C=O) groups is 1. The lowest BCUT2D eigenvalue weighted by Gasteiger charge is -2.11. The Bertz CT molecular complexity index is 931. The van der Waals surface area contributed by atoms with Gasteiger partial charge in [0.1, 0.15) is 5.75 Å². The molecule has 2 heterocycles. The fourth-order valence-corrected chi connectivity index (χ4v) is 2.97. The quantitative estimate of drug-likeness (QED) is 0.775. The summed E-state index contributed by atoms with van der Waals surface area (Å²) >= 11 is 0. The van der Waals surface area contributed by atoms with Crippen LogP contribution in [0.3, 0.4) is 0 Å². The molecule has 0 saturated carbocycles. The van der Waals surface area contributed by atoms with Gasteiger partial charge in [0, 0.05) is 35.6 Å². The lowest BCUT2D eigenvalue weighted by Crippen LogP contribution is -2.14. The number of methoxy groups -OCH3 is 1. The van der Waals surface area contributed by atoms with Crippen LogP contribution in [0.15, 0.2) is 30.3 Å². The summed E-state index contributed by atoms with van der Waals surface area (Å²) in [6, 6.07) is 9.29. The van der Waals surface area contributed by atoms with Crippen LogP contribution in [0.1, 0.15) is 29.1 Å². The summed E-state index contributed by atoms with van der Waals surface area (Å²) in [6.45, 7) is 5.94. The smallest absolute Gasteiger partial charge is 0.224 e. The maximum atomic E-state index is 12.3. The second-order valence-corrected chi connectivity index (χ2v) is 6.10. The molecule has 130 valence electrons. The van der Waals surface area contributed by atoms with E-state index in [1.807, 2.05) is 49.6 Å². The number of anilines is 1. The summed E-state index contributed by atoms with van der Waals surface area (Å²) in [5.41, 5.74) is 5.55. The molecule has 0 aliphatic rings. The normalized spacial score (nSPS) is 10.9. The van der Waals surface area contributed by atoms with E-state index in [2.05, 4.69) is 15.4 Å². The van der Waals surface area contributed by atoms with Crippen LogP contribution in [0.2, 0.25) is 0 Å². The minimum Gasteiger partial charge on any atom is -0.497 e. The van der Waals surface area contributed by atoms with Crippen LogP contribution in [0.5, 0.6) is 5.75 Å². The average molecular weight is 338 g/mol. The molecule has 0 atom stereocenters. The first kappa shape index (κ1) is 17.0. The third-order valence-electron chi connectivity index (χ3n) is 4.24. The molecule has 6 nitrogen and oxygen atoms in total. The van der Waals surface area contributed by atoms with Crippen LogP contribution in [0.4, 0.5) is 5.69 Å². The van der Waals surface area contributed by atoms with E-state index in [1.54, 1.807) is 13.2 Å². The number of rotatable bonds is 5. The van der Waals surface area contributed by atoms with Gasteiger partial charge in [0.05, 0.1) is 12.8 Å². The summed E-state index contributed by atoms with van der Waals surface area (Å²) < 4.78 is 7.02. The number of carbonyl (C=O) groups excluding carboxylic acids is 1. The molecular formula is C19H22N4O2. The first-order valence-corrected chi connectivity index (χ1v) is 8.24. The summed E-state index contributed by atoms with van der Waals surface area (Å²) in [4.78, 5) is 16.9. The Hall–Kier alpha value is -2.89. The summed E-state index contributed by atoms with van der Waals surface area (Å²) in [5, 5.41) is 7.37. The van der Waals surface area contributed by atoms with Gasteiger partial charge in [0.25, 0.3) is 0 Å². The van der Waals surface area contributed by atoms with E-state index in [-0.39, 0.29) is 5.91 Å². The predicted octanol–water partition coefficient (Wildman–Crippen LogP) is 3.23. The summed E-state index contributed by atoms with van der Waals surface area (Å²) in [5.74, 6) is 0.678. The number of aromatic nitrogens is 3. The Kier molecular flexibility index (Phi) is 4.70. The minimum absolute atomic E-state index is 0.0382. The van der Waals surface area contributed by atoms with Crippen molar-refractivity contribution in [2.75, 3.05) is 12.4 Å². The molecule has 0 saturated heterocycles. The molecule has 0 spiro atoms. The maximum absolute atomic E-state index is 12.3. The van der Waals surface area contributed by atoms with Gasteiger partial charge >= 0.3 is 0 Å². The van der Waals surface area contributed by atoms with Crippen LogP contribution < -0.4 is 10.1 Å². The Labute approximate surface area is 146 Å². The van der Waals surface area contributed by atoms with Crippen molar-refractivity contribution < 1.29 is 9.53 Å². The number of nitrogens with one attached hydrogen (secondary N) is 1. The zero-order valence-electron chi connectivity index (χ0n) is 15.0. The second-order valence-electron chi connectivity index (χ2n) is 6.10. The van der Waals surface area contributed by atoms with E-state index >= 15 is 0 Å². The van der Waals surface area contributed by atoms with Crippen LogP contribution >= 0.6 is 0 Å². The van der Waals surface area contributed by atoms with Crippen molar-refractivity contribution in [1.29, 1.82) is 0 Å². The molecule has 0 bridgehead atoms. The van der Waals surface area contributed by atoms with Gasteiger partial charge in [0.2, 0.25) is 5.91 Å². The highest BCUT2D eigenvalue weighted by Crippen LogP contribution is 2.19. The molecule has 0 radical (unpaired) electrons. The average Bonchev–Trinajstić information content (AvgIpc) is 2.95. The first-order valence-electron chi connectivity index (χ1n) is 8.24. The largest absolute Gasteiger partial charge is 0.497 e. The molecule has 1 amide bonds. The lowest BCUT2D eigenvalue weighted by atomic mass is 10.1. The molecule has 3 rings (SSSR count). The van der Waals surface area contributed by atoms with Gasteiger partial charge in [-0.2, -0.15) is 5.10 Å². The number of fused-ring (bicyclic) bond motifs is 1. The Balaban J connectivity index is 1.72. The monoisotopic (exact) mass is 338 g/mol. The zero-order chi connectivity index (χ0) is 18.0. The maximum Gasteiger partial charge on any atom is 0.224 e. The van der Waals surface area contributed by atoms with Crippen molar-refractivity contribution in [3.8, 4) is 5.75 Å². The zero-order valence-corrected chi connectivity index (χ0v) is 15.0. The van der Waals surface area contributed by atoms with E-state index in [9.17, 15) is 4.79 Å². The molecule has 1 N–H and O–H groups in total. The van der Waals surface area contributed by atoms with Gasteiger partial charge in [0.15, 0.2) is 5.65 Å². The van der Waals surface area contributed by atoms with Crippen LogP contribution in [0.25, 0.3) is 5.65 Å². The number of aryl methyl sites for hydroxylation is 3. The number of amides is 1. The van der Waals surface area contributed by atoms with E-state index in [4.69, 9.17) is 4.74 Å². The second kappa shape index (κ2) is 6.93. The van der Waals surface area contributed by atoms with Crippen molar-refractivity contribution in [1.82, 2.24) is 14.6 Å². The van der Waals surface area contributed by atoms with E-state index < -0.39 is 0 Å². The van der Waals surface area contributed by atoms with Crippen LogP contribution in [0, 0.1) is 20.8 Å². The van der Waals surface area contributed by atoms with Gasteiger partial charge in [-0.3, -0.25) is 4.79 Å². The Morgan fingerprint density at radius 3 is 2.80 bits per heavy atom. The molecule has 25 heavy (non-hydrogen) atoms. The van der Waals surface area contributed by atoms with Gasteiger partial charge in [-0.1, -0.05) is 6.07 Å².